The second-order valence-corrected chi connectivity index (χ2v) is 8.86. The standard InChI is InChI=1S/C26H34N6O3/c1-3-34-25(33)31-14-12-30(13-15-31)23-8-11-29-32-18-20(16-24(23)32)22-7-6-21(17-28-22)26(35-4-2)9-5-10-27-19-26/h6-8,11,16-18,27H,3-5,9-10,12-15,19H2,1-2H3/t26-/m1/s1/i1D3,3D2. The van der Waals surface area contributed by atoms with Gasteiger partial charge in [0.15, 0.2) is 0 Å². The summed E-state index contributed by atoms with van der Waals surface area (Å²) in [7, 11) is 0. The zero-order chi connectivity index (χ0) is 28.5. The molecule has 0 bridgehead atoms. The van der Waals surface area contributed by atoms with Gasteiger partial charge in [0.1, 0.15) is 5.60 Å². The van der Waals surface area contributed by atoms with E-state index < -0.39 is 19.5 Å². The van der Waals surface area contributed by atoms with Gasteiger partial charge >= 0.3 is 6.09 Å². The Labute approximate surface area is 213 Å². The van der Waals surface area contributed by atoms with Crippen LogP contribution in [0.2, 0.25) is 0 Å². The highest BCUT2D eigenvalue weighted by atomic mass is 16.6. The number of anilines is 1. The fraction of sp³-hybridized carbons (Fsp3) is 0.500. The van der Waals surface area contributed by atoms with E-state index in [1.807, 2.05) is 37.5 Å². The Bertz CT molecular complexity index is 1330. The van der Waals surface area contributed by atoms with Gasteiger partial charge in [-0.15, -0.1) is 0 Å². The van der Waals surface area contributed by atoms with Gasteiger partial charge < -0.3 is 24.6 Å². The predicted molar refractivity (Wildman–Crippen MR) is 135 cm³/mol. The number of carbonyl (C=O) groups excluding carboxylic acids is 1. The van der Waals surface area contributed by atoms with Crippen molar-refractivity contribution < 1.29 is 21.1 Å². The molecule has 5 heterocycles. The van der Waals surface area contributed by atoms with E-state index in [2.05, 4.69) is 26.1 Å². The van der Waals surface area contributed by atoms with Gasteiger partial charge in [0, 0.05) is 73.2 Å². The second kappa shape index (κ2) is 10.2. The van der Waals surface area contributed by atoms with Gasteiger partial charge in [-0.1, -0.05) is 6.07 Å². The number of amides is 1. The highest BCUT2D eigenvalue weighted by Gasteiger charge is 2.35. The van der Waals surface area contributed by atoms with Gasteiger partial charge in [-0.2, -0.15) is 5.10 Å². The summed E-state index contributed by atoms with van der Waals surface area (Å²) < 4.78 is 49.5. The first kappa shape index (κ1) is 18.1. The molecular formula is C26H34N6O3. The molecule has 0 aromatic carbocycles. The first-order chi connectivity index (χ1) is 19.0. The van der Waals surface area contributed by atoms with Gasteiger partial charge in [-0.05, 0) is 51.4 Å². The number of ether oxygens (including phenoxy) is 2. The van der Waals surface area contributed by atoms with Crippen LogP contribution in [-0.2, 0) is 15.1 Å². The second-order valence-electron chi connectivity index (χ2n) is 8.86. The fourth-order valence-corrected chi connectivity index (χ4v) is 5.09. The maximum atomic E-state index is 12.4. The largest absolute Gasteiger partial charge is 0.450 e. The molecule has 1 atom stereocenters. The number of rotatable bonds is 6. The maximum Gasteiger partial charge on any atom is 0.409 e. The summed E-state index contributed by atoms with van der Waals surface area (Å²) in [6.45, 7) is -0.252. The van der Waals surface area contributed by atoms with Gasteiger partial charge in [0.25, 0.3) is 0 Å². The first-order valence-electron chi connectivity index (χ1n) is 14.5. The summed E-state index contributed by atoms with van der Waals surface area (Å²) in [5.41, 5.74) is 4.28. The third-order valence-corrected chi connectivity index (χ3v) is 6.85. The number of nitrogens with one attached hydrogen (secondary N) is 1. The number of aromatic nitrogens is 3. The van der Waals surface area contributed by atoms with Crippen LogP contribution in [-0.4, -0.2) is 78.0 Å². The van der Waals surface area contributed by atoms with Crippen LogP contribution >= 0.6 is 0 Å². The zero-order valence-electron chi connectivity index (χ0n) is 24.9. The number of pyridine rings is 1. The molecule has 9 heteroatoms. The normalized spacial score (nSPS) is 23.7. The molecule has 3 aromatic rings. The van der Waals surface area contributed by atoms with Gasteiger partial charge in [-0.3, -0.25) is 4.98 Å². The Balaban J connectivity index is 1.30. The SMILES string of the molecule is [2H]C([2H])([2H])C([2H])([2H])OC(=O)N1CCN(c2ccnn3cc(-c4ccc([C@@]5(OCC)CCCNC5)cn4)cc23)CC1. The minimum Gasteiger partial charge on any atom is -0.450 e. The lowest BCUT2D eigenvalue weighted by atomic mass is 9.87. The quantitative estimate of drug-likeness (QED) is 0.576. The van der Waals surface area contributed by atoms with Gasteiger partial charge in [0.2, 0.25) is 0 Å². The van der Waals surface area contributed by atoms with Crippen LogP contribution in [0, 0.1) is 0 Å². The Kier molecular flexibility index (Phi) is 5.30. The topological polar surface area (TPSA) is 84.2 Å². The summed E-state index contributed by atoms with van der Waals surface area (Å²) in [6, 6.07) is 8.06. The van der Waals surface area contributed by atoms with Crippen LogP contribution in [0.4, 0.5) is 10.5 Å². The van der Waals surface area contributed by atoms with E-state index in [-0.39, 0.29) is 18.7 Å². The Morgan fingerprint density at radius 2 is 2.17 bits per heavy atom. The average Bonchev–Trinajstić information content (AvgIpc) is 3.38. The molecule has 2 saturated heterocycles. The van der Waals surface area contributed by atoms with Crippen molar-refractivity contribution in [3.63, 3.8) is 0 Å². The minimum atomic E-state index is -3.06. The zero-order valence-corrected chi connectivity index (χ0v) is 19.9. The highest BCUT2D eigenvalue weighted by Crippen LogP contribution is 2.34. The summed E-state index contributed by atoms with van der Waals surface area (Å²) >= 11 is 0. The minimum absolute atomic E-state index is 0.261. The smallest absolute Gasteiger partial charge is 0.409 e. The van der Waals surface area contributed by atoms with Crippen LogP contribution < -0.4 is 10.2 Å². The van der Waals surface area contributed by atoms with E-state index in [4.69, 9.17) is 16.6 Å². The van der Waals surface area contributed by atoms with Gasteiger partial charge in [-0.25, -0.2) is 9.31 Å². The number of fused-ring (bicyclic) bond motifs is 1. The van der Waals surface area contributed by atoms with Crippen LogP contribution in [0.1, 0.15) is 39.0 Å². The van der Waals surface area contributed by atoms with E-state index in [1.54, 1.807) is 10.7 Å². The number of nitrogens with zero attached hydrogens (tertiary/aromatic N) is 5. The summed E-state index contributed by atoms with van der Waals surface area (Å²) in [5, 5.41) is 7.92. The van der Waals surface area contributed by atoms with Crippen molar-refractivity contribution in [3.05, 3.63) is 48.4 Å². The molecule has 0 radical (unpaired) electrons. The van der Waals surface area contributed by atoms with Crippen LogP contribution in [0.5, 0.6) is 0 Å². The van der Waals surface area contributed by atoms with E-state index in [0.717, 1.165) is 54.0 Å². The van der Waals surface area contributed by atoms with E-state index >= 15 is 0 Å². The molecule has 0 unspecified atom stereocenters. The first-order valence-corrected chi connectivity index (χ1v) is 12.0. The highest BCUT2D eigenvalue weighted by molar-refractivity contribution is 5.79. The number of hydrogen-bond acceptors (Lipinski definition) is 7. The number of hydrogen-bond donors (Lipinski definition) is 1. The van der Waals surface area contributed by atoms with Crippen molar-refractivity contribution in [2.45, 2.75) is 32.2 Å². The monoisotopic (exact) mass is 483 g/mol. The van der Waals surface area contributed by atoms with Crippen molar-refractivity contribution in [2.24, 2.45) is 0 Å². The molecule has 5 rings (SSSR count). The van der Waals surface area contributed by atoms with Crippen LogP contribution in [0.3, 0.4) is 0 Å². The third kappa shape index (κ3) is 4.70. The van der Waals surface area contributed by atoms with E-state index in [1.165, 1.54) is 4.90 Å². The number of piperazine rings is 1. The lowest BCUT2D eigenvalue weighted by Gasteiger charge is -2.37. The maximum absolute atomic E-state index is 12.4. The lowest BCUT2D eigenvalue weighted by molar-refractivity contribution is -0.0603. The molecule has 2 fully saturated rings. The predicted octanol–water partition coefficient (Wildman–Crippen LogP) is 3.29. The molecule has 0 saturated carbocycles. The molecule has 186 valence electrons. The molecule has 0 spiro atoms. The van der Waals surface area contributed by atoms with E-state index in [0.29, 0.717) is 19.7 Å². The van der Waals surface area contributed by atoms with E-state index in [9.17, 15) is 4.79 Å². The van der Waals surface area contributed by atoms with Gasteiger partial charge in [0.05, 0.1) is 26.2 Å². The third-order valence-electron chi connectivity index (χ3n) is 6.85. The van der Waals surface area contributed by atoms with Crippen molar-refractivity contribution in [1.29, 1.82) is 0 Å². The molecule has 0 aliphatic carbocycles. The van der Waals surface area contributed by atoms with Crippen molar-refractivity contribution >= 4 is 17.3 Å². The molecule has 1 N–H and O–H groups in total. The van der Waals surface area contributed by atoms with Crippen molar-refractivity contribution in [1.82, 2.24) is 24.8 Å². The lowest BCUT2D eigenvalue weighted by Crippen LogP contribution is -2.49. The van der Waals surface area contributed by atoms with Crippen LogP contribution in [0.25, 0.3) is 16.8 Å². The fourth-order valence-electron chi connectivity index (χ4n) is 5.09. The van der Waals surface area contributed by atoms with Crippen LogP contribution in [0.15, 0.2) is 42.9 Å². The Morgan fingerprint density at radius 1 is 1.29 bits per heavy atom. The number of carbonyl (C=O) groups is 1. The van der Waals surface area contributed by atoms with Crippen molar-refractivity contribution in [3.8, 4) is 11.3 Å². The van der Waals surface area contributed by atoms with Crippen molar-refractivity contribution in [2.75, 3.05) is 57.3 Å². The molecule has 2 aliphatic rings. The Morgan fingerprint density at radius 3 is 2.89 bits per heavy atom. The molecule has 1 amide bonds. The summed E-state index contributed by atoms with van der Waals surface area (Å²) in [5.74, 6) is 0. The summed E-state index contributed by atoms with van der Waals surface area (Å²) in [4.78, 5) is 20.6. The molecule has 9 nitrogen and oxygen atoms in total. The molecule has 35 heavy (non-hydrogen) atoms. The summed E-state index contributed by atoms with van der Waals surface area (Å²) in [6.07, 6.45) is 6.59. The molecular weight excluding hydrogens is 444 g/mol. The average molecular weight is 484 g/mol. The number of piperidine rings is 1. The molecule has 3 aromatic heterocycles. The molecule has 2 aliphatic heterocycles. The Hall–Kier alpha value is -3.17.